The van der Waals surface area contributed by atoms with Crippen LogP contribution in [0, 0.1) is 0 Å². The zero-order valence-electron chi connectivity index (χ0n) is 26.8. The van der Waals surface area contributed by atoms with E-state index in [4.69, 9.17) is 0 Å². The minimum Gasteiger partial charge on any atom is -0.310 e. The molecule has 230 valence electrons. The first-order valence-electron chi connectivity index (χ1n) is 16.9. The Morgan fingerprint density at radius 3 is 1.73 bits per heavy atom. The minimum atomic E-state index is -0.425. The van der Waals surface area contributed by atoms with E-state index in [2.05, 4.69) is 193 Å². The highest BCUT2D eigenvalue weighted by Crippen LogP contribution is 2.56. The van der Waals surface area contributed by atoms with Gasteiger partial charge in [0.1, 0.15) is 0 Å². The molecule has 2 heteroatoms. The van der Waals surface area contributed by atoms with E-state index in [9.17, 15) is 0 Å². The third kappa shape index (κ3) is 4.18. The van der Waals surface area contributed by atoms with Gasteiger partial charge in [-0.25, -0.2) is 0 Å². The molecule has 0 aliphatic heterocycles. The lowest BCUT2D eigenvalue weighted by Gasteiger charge is -2.34. The number of benzene rings is 8. The van der Waals surface area contributed by atoms with E-state index < -0.39 is 5.41 Å². The van der Waals surface area contributed by atoms with Gasteiger partial charge in [0.05, 0.1) is 11.1 Å². The molecular weight excluding hydrogens is 611 g/mol. The fourth-order valence-corrected chi connectivity index (χ4v) is 9.34. The predicted molar refractivity (Wildman–Crippen MR) is 209 cm³/mol. The first-order chi connectivity index (χ1) is 24.3. The van der Waals surface area contributed by atoms with E-state index in [1.165, 1.54) is 70.0 Å². The summed E-state index contributed by atoms with van der Waals surface area (Å²) < 4.78 is 2.63. The van der Waals surface area contributed by atoms with E-state index in [0.29, 0.717) is 0 Å². The predicted octanol–water partition coefficient (Wildman–Crippen LogP) is 13.0. The normalized spacial score (nSPS) is 13.1. The summed E-state index contributed by atoms with van der Waals surface area (Å²) in [6.07, 6.45) is 0. The number of hydrogen-bond acceptors (Lipinski definition) is 2. The van der Waals surface area contributed by atoms with Crippen molar-refractivity contribution in [2.75, 3.05) is 4.90 Å². The van der Waals surface area contributed by atoms with Gasteiger partial charge in [0.25, 0.3) is 0 Å². The van der Waals surface area contributed by atoms with Crippen molar-refractivity contribution in [3.05, 3.63) is 210 Å². The maximum absolute atomic E-state index is 2.43. The number of hydrogen-bond donors (Lipinski definition) is 0. The number of thiophene rings is 1. The Kier molecular flexibility index (Phi) is 6.34. The van der Waals surface area contributed by atoms with Crippen LogP contribution in [0.5, 0.6) is 0 Å². The molecule has 0 saturated heterocycles. The maximum Gasteiger partial charge on any atom is 0.0713 e. The molecule has 1 nitrogen and oxygen atoms in total. The standard InChI is InChI=1S/C47H31NS/c1-2-15-33(16-3-1)47(42-21-9-6-18-38(42)39-19-7-10-22-43(39)47)34-25-27-35(28-26-34)48(44-23-12-14-32-13-4-5-17-37(32)44)36-29-30-46-41(31-36)40-20-8-11-24-45(40)49-46/h1-31H. The van der Waals surface area contributed by atoms with Gasteiger partial charge in [0, 0.05) is 36.9 Å². The molecule has 1 aromatic heterocycles. The average molecular weight is 642 g/mol. The lowest BCUT2D eigenvalue weighted by molar-refractivity contribution is 0.768. The van der Waals surface area contributed by atoms with E-state index in [0.717, 1.165) is 11.4 Å². The molecule has 1 aliphatic rings. The number of anilines is 3. The summed E-state index contributed by atoms with van der Waals surface area (Å²) in [5, 5.41) is 5.05. The van der Waals surface area contributed by atoms with Crippen LogP contribution < -0.4 is 4.90 Å². The van der Waals surface area contributed by atoms with Crippen LogP contribution in [-0.2, 0) is 5.41 Å². The van der Waals surface area contributed by atoms with Crippen molar-refractivity contribution in [1.29, 1.82) is 0 Å². The van der Waals surface area contributed by atoms with Crippen LogP contribution in [0.2, 0.25) is 0 Å². The Balaban J connectivity index is 1.21. The zero-order chi connectivity index (χ0) is 32.4. The van der Waals surface area contributed by atoms with Gasteiger partial charge in [-0.1, -0.05) is 146 Å². The van der Waals surface area contributed by atoms with Crippen molar-refractivity contribution in [3.8, 4) is 11.1 Å². The first-order valence-corrected chi connectivity index (χ1v) is 17.7. The molecule has 0 N–H and O–H groups in total. The molecule has 0 radical (unpaired) electrons. The Hall–Kier alpha value is -5.96. The summed E-state index contributed by atoms with van der Waals surface area (Å²) in [5.74, 6) is 0. The molecule has 0 bridgehead atoms. The van der Waals surface area contributed by atoms with Crippen LogP contribution in [0.15, 0.2) is 188 Å². The molecule has 49 heavy (non-hydrogen) atoms. The van der Waals surface area contributed by atoms with Crippen LogP contribution in [-0.4, -0.2) is 0 Å². The van der Waals surface area contributed by atoms with Gasteiger partial charge in [0.2, 0.25) is 0 Å². The van der Waals surface area contributed by atoms with Crippen molar-refractivity contribution in [1.82, 2.24) is 0 Å². The van der Waals surface area contributed by atoms with Crippen molar-refractivity contribution in [2.45, 2.75) is 5.41 Å². The summed E-state index contributed by atoms with van der Waals surface area (Å²) in [5.41, 5.74) is 10.8. The highest BCUT2D eigenvalue weighted by molar-refractivity contribution is 7.25. The van der Waals surface area contributed by atoms with Gasteiger partial charge in [-0.2, -0.15) is 0 Å². The largest absolute Gasteiger partial charge is 0.310 e. The Morgan fingerprint density at radius 2 is 0.959 bits per heavy atom. The molecule has 1 heterocycles. The Labute approximate surface area is 290 Å². The molecular formula is C47H31NS. The van der Waals surface area contributed by atoms with Crippen molar-refractivity contribution in [2.24, 2.45) is 0 Å². The topological polar surface area (TPSA) is 3.24 Å². The third-order valence-electron chi connectivity index (χ3n) is 10.3. The van der Waals surface area contributed by atoms with Crippen molar-refractivity contribution >= 4 is 59.3 Å². The average Bonchev–Trinajstić information content (AvgIpc) is 3.70. The van der Waals surface area contributed by atoms with Crippen LogP contribution in [0.4, 0.5) is 17.1 Å². The van der Waals surface area contributed by atoms with E-state index in [-0.39, 0.29) is 0 Å². The van der Waals surface area contributed by atoms with E-state index >= 15 is 0 Å². The molecule has 1 aliphatic carbocycles. The number of rotatable bonds is 5. The number of nitrogens with zero attached hydrogens (tertiary/aromatic N) is 1. The van der Waals surface area contributed by atoms with Crippen LogP contribution in [0.3, 0.4) is 0 Å². The molecule has 0 fully saturated rings. The molecule has 0 saturated carbocycles. The zero-order valence-corrected chi connectivity index (χ0v) is 27.6. The smallest absolute Gasteiger partial charge is 0.0713 e. The highest BCUT2D eigenvalue weighted by atomic mass is 32.1. The lowest BCUT2D eigenvalue weighted by Crippen LogP contribution is -2.28. The van der Waals surface area contributed by atoms with E-state index in [1.54, 1.807) is 0 Å². The fraction of sp³-hybridized carbons (Fsp3) is 0.0213. The van der Waals surface area contributed by atoms with Crippen LogP contribution in [0.25, 0.3) is 42.1 Å². The summed E-state index contributed by atoms with van der Waals surface area (Å²) in [6, 6.07) is 69.3. The number of fused-ring (bicyclic) bond motifs is 7. The molecule has 8 aromatic carbocycles. The molecule has 0 spiro atoms. The van der Waals surface area contributed by atoms with E-state index in [1.807, 2.05) is 11.3 Å². The fourth-order valence-electron chi connectivity index (χ4n) is 8.26. The molecule has 0 atom stereocenters. The van der Waals surface area contributed by atoms with Gasteiger partial charge in [0.15, 0.2) is 0 Å². The minimum absolute atomic E-state index is 0.425. The second kappa shape index (κ2) is 11.1. The molecule has 9 aromatic rings. The van der Waals surface area contributed by atoms with Crippen LogP contribution in [0.1, 0.15) is 22.3 Å². The maximum atomic E-state index is 2.43. The van der Waals surface area contributed by atoms with Gasteiger partial charge < -0.3 is 4.90 Å². The Morgan fingerprint density at radius 1 is 0.388 bits per heavy atom. The van der Waals surface area contributed by atoms with Crippen LogP contribution >= 0.6 is 11.3 Å². The first kappa shape index (κ1) is 28.1. The SMILES string of the molecule is c1ccc(C2(c3ccc(N(c4ccc5sc6ccccc6c5c4)c4cccc5ccccc45)cc3)c3ccccc3-c3ccccc32)cc1. The van der Waals surface area contributed by atoms with Crippen molar-refractivity contribution in [3.63, 3.8) is 0 Å². The lowest BCUT2D eigenvalue weighted by atomic mass is 9.68. The monoisotopic (exact) mass is 641 g/mol. The summed E-state index contributed by atoms with van der Waals surface area (Å²) in [7, 11) is 0. The Bertz CT molecular complexity index is 2620. The molecule has 0 unspecified atom stereocenters. The summed E-state index contributed by atoms with van der Waals surface area (Å²) in [6.45, 7) is 0. The van der Waals surface area contributed by atoms with Gasteiger partial charge in [-0.15, -0.1) is 11.3 Å². The van der Waals surface area contributed by atoms with Gasteiger partial charge >= 0.3 is 0 Å². The highest BCUT2D eigenvalue weighted by Gasteiger charge is 2.45. The molecule has 10 rings (SSSR count). The second-order valence-electron chi connectivity index (χ2n) is 12.9. The summed E-state index contributed by atoms with van der Waals surface area (Å²) >= 11 is 1.86. The molecule has 0 amide bonds. The quantitative estimate of drug-likeness (QED) is 0.181. The van der Waals surface area contributed by atoms with Gasteiger partial charge in [-0.3, -0.25) is 0 Å². The third-order valence-corrected chi connectivity index (χ3v) is 11.5. The van der Waals surface area contributed by atoms with Crippen molar-refractivity contribution < 1.29 is 0 Å². The summed E-state index contributed by atoms with van der Waals surface area (Å²) in [4.78, 5) is 2.43. The second-order valence-corrected chi connectivity index (χ2v) is 14.0. The van der Waals surface area contributed by atoms with Gasteiger partial charge in [-0.05, 0) is 81.2 Å².